The Kier molecular flexibility index (Phi) is 8.03. The van der Waals surface area contributed by atoms with Crippen LogP contribution >= 0.6 is 11.3 Å². The molecule has 7 rings (SSSR count). The molecule has 2 aromatic carbocycles. The Bertz CT molecular complexity index is 1960. The number of nitrogens with zero attached hydrogens (tertiary/aromatic N) is 5. The fourth-order valence-electron chi connectivity index (χ4n) is 6.41. The minimum absolute atomic E-state index is 0.0933. The Morgan fingerprint density at radius 3 is 2.63 bits per heavy atom. The van der Waals surface area contributed by atoms with E-state index in [0.29, 0.717) is 27.3 Å². The standard InChI is InChI=1S/C34H32FN7O3S/c1-20(43)28-16-41(30-9-8-25(12-27(28)30)38-26-13-36-19-37-14-26)17-32(44)42-15-24(35)11-31(42)33(45)40-34-39-29(18-46-34)23-7-6-21-4-2-3-5-22(21)10-23/h6-10,12-14,16,18-19,24,31,38H,2-5,11,15,17H2,1H3,(H,39,40,45)/t24-,31+/m1/s1. The minimum atomic E-state index is -1.33. The number of aromatic nitrogens is 4. The van der Waals surface area contributed by atoms with Crippen LogP contribution in [0, 0.1) is 0 Å². The van der Waals surface area contributed by atoms with Gasteiger partial charge in [0.25, 0.3) is 0 Å². The Labute approximate surface area is 268 Å². The third-order valence-electron chi connectivity index (χ3n) is 8.67. The molecule has 3 aromatic heterocycles. The maximum atomic E-state index is 14.7. The molecule has 46 heavy (non-hydrogen) atoms. The number of fused-ring (bicyclic) bond motifs is 2. The highest BCUT2D eigenvalue weighted by molar-refractivity contribution is 7.14. The highest BCUT2D eigenvalue weighted by Gasteiger charge is 2.40. The second kappa shape index (κ2) is 12.4. The van der Waals surface area contributed by atoms with Crippen molar-refractivity contribution < 1.29 is 18.8 Å². The molecule has 0 radical (unpaired) electrons. The number of nitrogens with one attached hydrogen (secondary N) is 2. The lowest BCUT2D eigenvalue weighted by Gasteiger charge is -2.23. The number of rotatable bonds is 8. The number of hydrogen-bond acceptors (Lipinski definition) is 8. The van der Waals surface area contributed by atoms with Gasteiger partial charge >= 0.3 is 0 Å². The van der Waals surface area contributed by atoms with Crippen molar-refractivity contribution in [1.82, 2.24) is 24.4 Å². The van der Waals surface area contributed by atoms with Crippen molar-refractivity contribution in [3.8, 4) is 11.3 Å². The number of carbonyl (C=O) groups excluding carboxylic acids is 3. The Hall–Kier alpha value is -4.97. The smallest absolute Gasteiger partial charge is 0.249 e. The predicted octanol–water partition coefficient (Wildman–Crippen LogP) is 5.96. The molecule has 1 fully saturated rings. The van der Waals surface area contributed by atoms with Gasteiger partial charge in [-0.25, -0.2) is 19.3 Å². The van der Waals surface area contributed by atoms with Gasteiger partial charge < -0.3 is 20.1 Å². The van der Waals surface area contributed by atoms with E-state index in [0.717, 1.165) is 29.8 Å². The fraction of sp³-hybridized carbons (Fsp3) is 0.294. The predicted molar refractivity (Wildman–Crippen MR) is 175 cm³/mol. The van der Waals surface area contributed by atoms with Gasteiger partial charge in [0.05, 0.1) is 30.3 Å². The van der Waals surface area contributed by atoms with Gasteiger partial charge in [0.2, 0.25) is 11.8 Å². The number of hydrogen-bond donors (Lipinski definition) is 2. The second-order valence-corrected chi connectivity index (χ2v) is 12.7. The van der Waals surface area contributed by atoms with Gasteiger partial charge in [-0.1, -0.05) is 12.1 Å². The number of carbonyl (C=O) groups is 3. The zero-order valence-electron chi connectivity index (χ0n) is 25.2. The first kappa shape index (κ1) is 29.7. The van der Waals surface area contributed by atoms with Crippen LogP contribution in [0.25, 0.3) is 22.2 Å². The molecule has 0 spiro atoms. The lowest BCUT2D eigenvalue weighted by Crippen LogP contribution is -2.44. The summed E-state index contributed by atoms with van der Waals surface area (Å²) in [4.78, 5) is 53.5. The van der Waals surface area contributed by atoms with E-state index in [1.54, 1.807) is 23.2 Å². The van der Waals surface area contributed by atoms with Crippen molar-refractivity contribution in [2.24, 2.45) is 0 Å². The molecule has 1 aliphatic carbocycles. The highest BCUT2D eigenvalue weighted by Crippen LogP contribution is 2.31. The first-order chi connectivity index (χ1) is 22.3. The zero-order valence-corrected chi connectivity index (χ0v) is 26.0. The SMILES string of the molecule is CC(=O)c1cn(CC(=O)N2C[C@H](F)C[C@H]2C(=O)Nc2nc(-c3ccc4c(c3)CCCC4)cs2)c2ccc(Nc3cncnc3)cc12. The summed E-state index contributed by atoms with van der Waals surface area (Å²) < 4.78 is 16.4. The summed E-state index contributed by atoms with van der Waals surface area (Å²) in [5, 5.41) is 9.00. The van der Waals surface area contributed by atoms with E-state index in [2.05, 4.69) is 43.8 Å². The molecule has 2 atom stereocenters. The largest absolute Gasteiger partial charge is 0.353 e. The normalized spacial score (nSPS) is 17.6. The minimum Gasteiger partial charge on any atom is -0.353 e. The molecular formula is C34H32FN7O3S. The van der Waals surface area contributed by atoms with Crippen LogP contribution in [0.2, 0.25) is 0 Å². The van der Waals surface area contributed by atoms with Crippen molar-refractivity contribution in [2.75, 3.05) is 17.2 Å². The third-order valence-corrected chi connectivity index (χ3v) is 9.42. The summed E-state index contributed by atoms with van der Waals surface area (Å²) in [5.41, 5.74) is 7.04. The lowest BCUT2D eigenvalue weighted by atomic mass is 9.90. The fourth-order valence-corrected chi connectivity index (χ4v) is 7.13. The van der Waals surface area contributed by atoms with Gasteiger partial charge in [0.15, 0.2) is 10.9 Å². The summed E-state index contributed by atoms with van der Waals surface area (Å²) in [7, 11) is 0. The molecule has 0 unspecified atom stereocenters. The zero-order chi connectivity index (χ0) is 31.8. The number of aryl methyl sites for hydroxylation is 2. The van der Waals surface area contributed by atoms with E-state index in [1.165, 1.54) is 53.5 Å². The molecule has 5 aromatic rings. The van der Waals surface area contributed by atoms with Gasteiger partial charge in [-0.3, -0.25) is 14.4 Å². The molecule has 1 saturated heterocycles. The summed E-state index contributed by atoms with van der Waals surface area (Å²) in [6.45, 7) is 1.14. The number of amides is 2. The highest BCUT2D eigenvalue weighted by atomic mass is 32.1. The summed E-state index contributed by atoms with van der Waals surface area (Å²) in [5.74, 6) is -1.04. The third kappa shape index (κ3) is 6.00. The molecule has 234 valence electrons. The van der Waals surface area contributed by atoms with Gasteiger partial charge in [-0.2, -0.15) is 0 Å². The molecule has 12 heteroatoms. The first-order valence-corrected chi connectivity index (χ1v) is 16.2. The average molecular weight is 638 g/mol. The van der Waals surface area contributed by atoms with E-state index in [1.807, 2.05) is 23.6 Å². The average Bonchev–Trinajstić information content (AvgIpc) is 3.78. The summed E-state index contributed by atoms with van der Waals surface area (Å²) in [6, 6.07) is 10.9. The molecule has 2 N–H and O–H groups in total. The van der Waals surface area contributed by atoms with E-state index in [4.69, 9.17) is 0 Å². The number of likely N-dealkylation sites (tertiary alicyclic amines) is 1. The van der Waals surface area contributed by atoms with Gasteiger partial charge in [-0.05, 0) is 68.0 Å². The van der Waals surface area contributed by atoms with Crippen LogP contribution in [0.1, 0.15) is 47.7 Å². The first-order valence-electron chi connectivity index (χ1n) is 15.3. The maximum Gasteiger partial charge on any atom is 0.249 e. The van der Waals surface area contributed by atoms with Crippen LogP contribution in [0.5, 0.6) is 0 Å². The number of anilines is 3. The summed E-state index contributed by atoms with van der Waals surface area (Å²) in [6.07, 6.45) is 9.48. The van der Waals surface area contributed by atoms with E-state index >= 15 is 0 Å². The molecule has 10 nitrogen and oxygen atoms in total. The Morgan fingerprint density at radius 2 is 1.83 bits per heavy atom. The van der Waals surface area contributed by atoms with Crippen LogP contribution in [0.3, 0.4) is 0 Å². The maximum absolute atomic E-state index is 14.7. The number of thiazole rings is 1. The van der Waals surface area contributed by atoms with Crippen molar-refractivity contribution in [2.45, 2.75) is 57.8 Å². The van der Waals surface area contributed by atoms with Crippen LogP contribution < -0.4 is 10.6 Å². The van der Waals surface area contributed by atoms with Crippen LogP contribution in [-0.2, 0) is 29.0 Å². The quantitative estimate of drug-likeness (QED) is 0.202. The molecule has 2 amide bonds. The van der Waals surface area contributed by atoms with Gasteiger partial charge in [0, 0.05) is 45.7 Å². The molecule has 0 bridgehead atoms. The monoisotopic (exact) mass is 637 g/mol. The number of alkyl halides is 1. The lowest BCUT2D eigenvalue weighted by molar-refractivity contribution is -0.137. The number of ketones is 1. The molecular weight excluding hydrogens is 605 g/mol. The second-order valence-electron chi connectivity index (χ2n) is 11.8. The Balaban J connectivity index is 1.07. The van der Waals surface area contributed by atoms with E-state index < -0.39 is 24.0 Å². The van der Waals surface area contributed by atoms with Crippen molar-refractivity contribution >= 4 is 56.3 Å². The van der Waals surface area contributed by atoms with Crippen LogP contribution in [-0.4, -0.2) is 60.8 Å². The van der Waals surface area contributed by atoms with Gasteiger partial charge in [-0.15, -0.1) is 11.3 Å². The van der Waals surface area contributed by atoms with Crippen molar-refractivity contribution in [3.05, 3.63) is 83.4 Å². The number of benzene rings is 2. The topological polar surface area (TPSA) is 122 Å². The summed E-state index contributed by atoms with van der Waals surface area (Å²) >= 11 is 1.30. The van der Waals surface area contributed by atoms with E-state index in [9.17, 15) is 18.8 Å². The van der Waals surface area contributed by atoms with E-state index in [-0.39, 0.29) is 25.3 Å². The molecule has 1 aliphatic heterocycles. The number of halogens is 1. The molecule has 4 heterocycles. The Morgan fingerprint density at radius 1 is 1.02 bits per heavy atom. The molecule has 2 aliphatic rings. The number of Topliss-reactive ketones (excluding diaryl/α,β-unsaturated/α-hetero) is 1. The van der Waals surface area contributed by atoms with Crippen LogP contribution in [0.4, 0.5) is 20.9 Å². The van der Waals surface area contributed by atoms with Crippen molar-refractivity contribution in [1.29, 1.82) is 0 Å². The van der Waals surface area contributed by atoms with Gasteiger partial charge in [0.1, 0.15) is 25.1 Å². The molecule has 0 saturated carbocycles. The van der Waals surface area contributed by atoms with Crippen molar-refractivity contribution in [3.63, 3.8) is 0 Å². The van der Waals surface area contributed by atoms with Crippen LogP contribution in [0.15, 0.2) is 66.7 Å².